The number of hydrogen-bond acceptors (Lipinski definition) is 2. The van der Waals surface area contributed by atoms with Crippen molar-refractivity contribution in [1.29, 1.82) is 0 Å². The molecule has 1 aliphatic heterocycles. The molecule has 0 radical (unpaired) electrons. The van der Waals surface area contributed by atoms with Gasteiger partial charge >= 0.3 is 0 Å². The van der Waals surface area contributed by atoms with Crippen LogP contribution in [-0.4, -0.2) is 54.0 Å². The molecule has 0 saturated carbocycles. The normalized spacial score (nSPS) is 21.7. The van der Waals surface area contributed by atoms with Crippen LogP contribution < -0.4 is 5.32 Å². The Bertz CT molecular complexity index is 528. The molecule has 0 aromatic carbocycles. The Balaban J connectivity index is 1.96. The van der Waals surface area contributed by atoms with Crippen molar-refractivity contribution in [3.8, 4) is 0 Å². The second kappa shape index (κ2) is 7.47. The van der Waals surface area contributed by atoms with E-state index in [0.29, 0.717) is 0 Å². The standard InChI is InChI=1S/C18H29N3OS/c1-14-6-5-9-18(2,3)15(14)7-8-16(22)20-10-12-21(13-11-20)17(23)19-4/h7-8H,5-6,9-13H2,1-4H3,(H,19,23)/b8-7+. The minimum atomic E-state index is 0.113. The molecule has 0 bridgehead atoms. The maximum atomic E-state index is 12.5. The van der Waals surface area contributed by atoms with Crippen molar-refractivity contribution in [3.63, 3.8) is 0 Å². The van der Waals surface area contributed by atoms with E-state index < -0.39 is 0 Å². The molecule has 1 saturated heterocycles. The lowest BCUT2D eigenvalue weighted by Gasteiger charge is -2.35. The molecule has 0 aromatic rings. The number of amides is 1. The van der Waals surface area contributed by atoms with Crippen LogP contribution in [0.15, 0.2) is 23.3 Å². The first-order chi connectivity index (χ1) is 10.8. The smallest absolute Gasteiger partial charge is 0.246 e. The molecule has 0 atom stereocenters. The van der Waals surface area contributed by atoms with Crippen molar-refractivity contribution in [2.45, 2.75) is 40.0 Å². The van der Waals surface area contributed by atoms with Crippen molar-refractivity contribution < 1.29 is 4.79 Å². The average molecular weight is 336 g/mol. The Morgan fingerprint density at radius 2 is 1.83 bits per heavy atom. The number of piperazine rings is 1. The average Bonchev–Trinajstić information content (AvgIpc) is 2.53. The fraction of sp³-hybridized carbons (Fsp3) is 0.667. The summed E-state index contributed by atoms with van der Waals surface area (Å²) in [4.78, 5) is 16.5. The summed E-state index contributed by atoms with van der Waals surface area (Å²) >= 11 is 5.25. The van der Waals surface area contributed by atoms with Crippen molar-refractivity contribution in [2.75, 3.05) is 33.2 Å². The number of carbonyl (C=O) groups excluding carboxylic acids is 1. The first-order valence-corrected chi connectivity index (χ1v) is 8.90. The third-order valence-corrected chi connectivity index (χ3v) is 5.49. The Labute approximate surface area is 145 Å². The summed E-state index contributed by atoms with van der Waals surface area (Å²) in [6.07, 6.45) is 7.41. The lowest BCUT2D eigenvalue weighted by Crippen LogP contribution is -2.52. The Morgan fingerprint density at radius 1 is 1.22 bits per heavy atom. The van der Waals surface area contributed by atoms with Gasteiger partial charge in [0.05, 0.1) is 0 Å². The quantitative estimate of drug-likeness (QED) is 0.622. The third kappa shape index (κ3) is 4.34. The summed E-state index contributed by atoms with van der Waals surface area (Å²) in [6.45, 7) is 9.80. The highest BCUT2D eigenvalue weighted by atomic mass is 32.1. The highest BCUT2D eigenvalue weighted by Gasteiger charge is 2.27. The van der Waals surface area contributed by atoms with E-state index >= 15 is 0 Å². The van der Waals surface area contributed by atoms with Gasteiger partial charge in [-0.1, -0.05) is 25.5 Å². The third-order valence-electron chi connectivity index (χ3n) is 5.03. The Kier molecular flexibility index (Phi) is 5.84. The fourth-order valence-electron chi connectivity index (χ4n) is 3.56. The summed E-state index contributed by atoms with van der Waals surface area (Å²) < 4.78 is 0. The summed E-state index contributed by atoms with van der Waals surface area (Å²) in [5.74, 6) is 0.113. The zero-order valence-electron chi connectivity index (χ0n) is 14.8. The highest BCUT2D eigenvalue weighted by molar-refractivity contribution is 7.80. The number of allylic oxidation sites excluding steroid dienone is 3. The van der Waals surface area contributed by atoms with Gasteiger partial charge in [0.1, 0.15) is 0 Å². The second-order valence-electron chi connectivity index (χ2n) is 7.13. The van der Waals surface area contributed by atoms with Gasteiger partial charge in [-0.25, -0.2) is 0 Å². The lowest BCUT2D eigenvalue weighted by atomic mass is 9.72. The molecule has 0 spiro atoms. The van der Waals surface area contributed by atoms with E-state index in [2.05, 4.69) is 37.1 Å². The second-order valence-corrected chi connectivity index (χ2v) is 7.52. The van der Waals surface area contributed by atoms with E-state index in [-0.39, 0.29) is 11.3 Å². The van der Waals surface area contributed by atoms with E-state index in [4.69, 9.17) is 12.2 Å². The minimum absolute atomic E-state index is 0.113. The predicted molar refractivity (Wildman–Crippen MR) is 99.3 cm³/mol. The van der Waals surface area contributed by atoms with E-state index in [1.165, 1.54) is 24.0 Å². The molecule has 5 heteroatoms. The number of nitrogens with one attached hydrogen (secondary N) is 1. The number of thiocarbonyl (C=S) groups is 1. The highest BCUT2D eigenvalue weighted by Crippen LogP contribution is 2.40. The molecule has 1 N–H and O–H groups in total. The molecular formula is C18H29N3OS. The molecule has 0 aromatic heterocycles. The molecule has 1 heterocycles. The number of nitrogens with zero attached hydrogens (tertiary/aromatic N) is 2. The van der Waals surface area contributed by atoms with E-state index in [1.807, 2.05) is 11.9 Å². The SMILES string of the molecule is CNC(=S)N1CCN(C(=O)/C=C/C2=C(C)CCCC2(C)C)CC1. The summed E-state index contributed by atoms with van der Waals surface area (Å²) in [6, 6.07) is 0. The number of rotatable bonds is 2. The van der Waals surface area contributed by atoms with Crippen LogP contribution in [0.5, 0.6) is 0 Å². The molecule has 0 unspecified atom stereocenters. The van der Waals surface area contributed by atoms with Gasteiger partial charge in [-0.2, -0.15) is 0 Å². The van der Waals surface area contributed by atoms with Crippen LogP contribution in [0.1, 0.15) is 40.0 Å². The molecule has 1 aliphatic carbocycles. The van der Waals surface area contributed by atoms with Crippen LogP contribution >= 0.6 is 12.2 Å². The summed E-state index contributed by atoms with van der Waals surface area (Å²) in [5.41, 5.74) is 2.94. The van der Waals surface area contributed by atoms with Gasteiger partial charge in [0.25, 0.3) is 0 Å². The first kappa shape index (κ1) is 18.0. The topological polar surface area (TPSA) is 35.6 Å². The lowest BCUT2D eigenvalue weighted by molar-refractivity contribution is -0.127. The molecule has 128 valence electrons. The zero-order valence-corrected chi connectivity index (χ0v) is 15.6. The maximum Gasteiger partial charge on any atom is 0.246 e. The van der Waals surface area contributed by atoms with Gasteiger partial charge in [0.15, 0.2) is 5.11 Å². The molecule has 1 fully saturated rings. The molecule has 2 rings (SSSR count). The van der Waals surface area contributed by atoms with Gasteiger partial charge in [-0.05, 0) is 49.4 Å². The van der Waals surface area contributed by atoms with Crippen molar-refractivity contribution >= 4 is 23.2 Å². The van der Waals surface area contributed by atoms with Crippen LogP contribution in [0.4, 0.5) is 0 Å². The van der Waals surface area contributed by atoms with Crippen LogP contribution in [-0.2, 0) is 4.79 Å². The van der Waals surface area contributed by atoms with Gasteiger partial charge in [-0.15, -0.1) is 0 Å². The van der Waals surface area contributed by atoms with Gasteiger partial charge in [0.2, 0.25) is 5.91 Å². The monoisotopic (exact) mass is 335 g/mol. The van der Waals surface area contributed by atoms with Crippen LogP contribution in [0, 0.1) is 5.41 Å². The molecule has 23 heavy (non-hydrogen) atoms. The van der Waals surface area contributed by atoms with Gasteiger partial charge in [0, 0.05) is 39.3 Å². The summed E-state index contributed by atoms with van der Waals surface area (Å²) in [7, 11) is 1.84. The fourth-order valence-corrected chi connectivity index (χ4v) is 3.74. The molecule has 1 amide bonds. The molecular weight excluding hydrogens is 306 g/mol. The van der Waals surface area contributed by atoms with E-state index in [0.717, 1.165) is 37.7 Å². The van der Waals surface area contributed by atoms with Crippen molar-refractivity contribution in [1.82, 2.24) is 15.1 Å². The van der Waals surface area contributed by atoms with Crippen molar-refractivity contribution in [2.24, 2.45) is 5.41 Å². The van der Waals surface area contributed by atoms with Crippen LogP contribution in [0.2, 0.25) is 0 Å². The molecule has 2 aliphatic rings. The van der Waals surface area contributed by atoms with E-state index in [9.17, 15) is 4.79 Å². The van der Waals surface area contributed by atoms with Gasteiger partial charge in [-0.3, -0.25) is 4.79 Å². The Morgan fingerprint density at radius 3 is 2.39 bits per heavy atom. The number of carbonyl (C=O) groups is 1. The van der Waals surface area contributed by atoms with Crippen molar-refractivity contribution in [3.05, 3.63) is 23.3 Å². The zero-order chi connectivity index (χ0) is 17.0. The van der Waals surface area contributed by atoms with Crippen LogP contribution in [0.3, 0.4) is 0 Å². The van der Waals surface area contributed by atoms with Crippen LogP contribution in [0.25, 0.3) is 0 Å². The van der Waals surface area contributed by atoms with Gasteiger partial charge < -0.3 is 15.1 Å². The van der Waals surface area contributed by atoms with E-state index in [1.54, 1.807) is 6.08 Å². The maximum absolute atomic E-state index is 12.5. The predicted octanol–water partition coefficient (Wildman–Crippen LogP) is 2.72. The largest absolute Gasteiger partial charge is 0.366 e. The number of hydrogen-bond donors (Lipinski definition) is 1. The molecule has 4 nitrogen and oxygen atoms in total. The Hall–Kier alpha value is -1.36. The first-order valence-electron chi connectivity index (χ1n) is 8.49. The minimum Gasteiger partial charge on any atom is -0.366 e. The summed E-state index contributed by atoms with van der Waals surface area (Å²) in [5, 5.41) is 3.76.